The molecule has 0 aromatic heterocycles. The number of hydrogen-bond acceptors (Lipinski definition) is 5. The molecule has 0 radical (unpaired) electrons. The van der Waals surface area contributed by atoms with Gasteiger partial charge in [0.15, 0.2) is 6.10 Å². The highest BCUT2D eigenvalue weighted by Crippen LogP contribution is 2.14. The van der Waals surface area contributed by atoms with Gasteiger partial charge in [-0.2, -0.15) is 0 Å². The molecule has 0 saturated heterocycles. The summed E-state index contributed by atoms with van der Waals surface area (Å²) in [5.74, 6) is -0.404. The maximum Gasteiger partial charge on any atom is 0.306 e. The Balaban J connectivity index is 4.16. The Labute approximate surface area is 349 Å². The fraction of sp³-hybridized carbons (Fsp3) is 0.843. The molecule has 0 bridgehead atoms. The van der Waals surface area contributed by atoms with Crippen molar-refractivity contribution in [2.24, 2.45) is 0 Å². The van der Waals surface area contributed by atoms with Crippen LogP contribution in [0.2, 0.25) is 0 Å². The average molecular weight is 787 g/mol. The molecule has 5 heteroatoms. The van der Waals surface area contributed by atoms with E-state index in [0.717, 1.165) is 51.4 Å². The van der Waals surface area contributed by atoms with Crippen molar-refractivity contribution in [2.45, 2.75) is 258 Å². The first-order valence-electron chi connectivity index (χ1n) is 24.5. The number of carbonyl (C=O) groups excluding carboxylic acids is 2. The van der Waals surface area contributed by atoms with Crippen molar-refractivity contribution in [3.05, 3.63) is 36.5 Å². The molecule has 0 spiro atoms. The van der Waals surface area contributed by atoms with Crippen LogP contribution in [-0.2, 0) is 23.8 Å². The Kier molecular flexibility index (Phi) is 45.9. The Morgan fingerprint density at radius 2 is 0.768 bits per heavy atom. The summed E-state index contributed by atoms with van der Waals surface area (Å²) in [7, 11) is 0. The first kappa shape index (κ1) is 54.1. The zero-order valence-corrected chi connectivity index (χ0v) is 37.7. The summed E-state index contributed by atoms with van der Waals surface area (Å²) in [6.45, 7) is 7.78. The molecule has 56 heavy (non-hydrogen) atoms. The van der Waals surface area contributed by atoms with Crippen molar-refractivity contribution in [2.75, 3.05) is 19.8 Å². The minimum Gasteiger partial charge on any atom is -0.462 e. The van der Waals surface area contributed by atoms with Crippen LogP contribution in [0.25, 0.3) is 0 Å². The van der Waals surface area contributed by atoms with Crippen molar-refractivity contribution in [1.29, 1.82) is 0 Å². The summed E-state index contributed by atoms with van der Waals surface area (Å²) in [4.78, 5) is 25.3. The Hall–Kier alpha value is -1.88. The van der Waals surface area contributed by atoms with Crippen LogP contribution in [0.4, 0.5) is 0 Å². The van der Waals surface area contributed by atoms with Gasteiger partial charge in [-0.25, -0.2) is 0 Å². The number of carbonyl (C=O) groups is 2. The minimum atomic E-state index is -0.535. The number of ether oxygens (including phenoxy) is 3. The molecule has 0 aliphatic carbocycles. The van der Waals surface area contributed by atoms with Crippen LogP contribution < -0.4 is 0 Å². The van der Waals surface area contributed by atoms with Crippen molar-refractivity contribution in [3.63, 3.8) is 0 Å². The third kappa shape index (κ3) is 44.8. The van der Waals surface area contributed by atoms with E-state index in [-0.39, 0.29) is 25.2 Å². The van der Waals surface area contributed by atoms with Crippen molar-refractivity contribution in [1.82, 2.24) is 0 Å². The van der Waals surface area contributed by atoms with E-state index in [1.54, 1.807) is 0 Å². The maximum absolute atomic E-state index is 12.7. The Morgan fingerprint density at radius 3 is 1.29 bits per heavy atom. The van der Waals surface area contributed by atoms with Gasteiger partial charge in [0.2, 0.25) is 0 Å². The van der Waals surface area contributed by atoms with Crippen molar-refractivity contribution < 1.29 is 23.8 Å². The van der Waals surface area contributed by atoms with E-state index in [9.17, 15) is 9.59 Å². The van der Waals surface area contributed by atoms with E-state index < -0.39 is 6.10 Å². The second-order valence-corrected chi connectivity index (χ2v) is 16.4. The number of esters is 2. The zero-order valence-electron chi connectivity index (χ0n) is 37.7. The van der Waals surface area contributed by atoms with Gasteiger partial charge in [-0.05, 0) is 70.6 Å². The maximum atomic E-state index is 12.7. The lowest BCUT2D eigenvalue weighted by Crippen LogP contribution is -2.30. The lowest BCUT2D eigenvalue weighted by molar-refractivity contribution is -0.163. The summed E-state index contributed by atoms with van der Waals surface area (Å²) in [5.41, 5.74) is 0. The highest BCUT2D eigenvalue weighted by molar-refractivity contribution is 5.70. The standard InChI is InChI=1S/C51H94O5/c1-4-7-10-13-16-19-22-23-24-25-26-27-28-29-31-32-35-38-41-44-50(52)55-48-49(47-54-46-43-40-37-34-21-18-15-12-9-6-3)56-51(53)45-42-39-36-33-30-20-17-14-11-8-5-2/h14,16-17,19,23-24,49H,4-13,15,18,20-22,25-48H2,1-3H3/b17-14-,19-16-,24-23-. The molecular formula is C51H94O5. The summed E-state index contributed by atoms with van der Waals surface area (Å²) < 4.78 is 17.3. The fourth-order valence-corrected chi connectivity index (χ4v) is 6.93. The van der Waals surface area contributed by atoms with Crippen LogP contribution in [0.15, 0.2) is 36.5 Å². The molecule has 0 saturated carbocycles. The summed E-state index contributed by atoms with van der Waals surface area (Å²) >= 11 is 0. The quantitative estimate of drug-likeness (QED) is 0.0349. The first-order chi connectivity index (χ1) is 27.6. The largest absolute Gasteiger partial charge is 0.462 e. The molecule has 0 aliphatic rings. The van der Waals surface area contributed by atoms with Crippen molar-refractivity contribution in [3.8, 4) is 0 Å². The predicted octanol–water partition coefficient (Wildman–Crippen LogP) is 16.2. The van der Waals surface area contributed by atoms with Crippen LogP contribution in [-0.4, -0.2) is 37.9 Å². The van der Waals surface area contributed by atoms with Crippen molar-refractivity contribution >= 4 is 11.9 Å². The molecule has 0 aromatic rings. The SMILES string of the molecule is CCCC/C=C\CCCCCCCC(=O)OC(COCCCCCCCCCCCC)COC(=O)CCCCCCCCCCC/C=C\C/C=C\CCCCC. The molecule has 0 amide bonds. The Bertz CT molecular complexity index is 893. The van der Waals surface area contributed by atoms with E-state index in [1.165, 1.54) is 167 Å². The third-order valence-corrected chi connectivity index (χ3v) is 10.6. The van der Waals surface area contributed by atoms with E-state index >= 15 is 0 Å². The monoisotopic (exact) mass is 787 g/mol. The van der Waals surface area contributed by atoms with Gasteiger partial charge in [0.25, 0.3) is 0 Å². The number of rotatable bonds is 45. The minimum absolute atomic E-state index is 0.0837. The van der Waals surface area contributed by atoms with E-state index in [0.29, 0.717) is 19.4 Å². The van der Waals surface area contributed by atoms with Crippen LogP contribution in [0, 0.1) is 0 Å². The third-order valence-electron chi connectivity index (χ3n) is 10.6. The molecule has 0 N–H and O–H groups in total. The normalized spacial score (nSPS) is 12.4. The van der Waals surface area contributed by atoms with Gasteiger partial charge < -0.3 is 14.2 Å². The summed E-state index contributed by atoms with van der Waals surface area (Å²) in [5, 5.41) is 0. The van der Waals surface area contributed by atoms with Crippen LogP contribution in [0.5, 0.6) is 0 Å². The smallest absolute Gasteiger partial charge is 0.306 e. The van der Waals surface area contributed by atoms with Crippen LogP contribution in [0.3, 0.4) is 0 Å². The number of allylic oxidation sites excluding steroid dienone is 6. The molecule has 0 fully saturated rings. The molecule has 0 aliphatic heterocycles. The molecule has 0 rings (SSSR count). The highest BCUT2D eigenvalue weighted by atomic mass is 16.6. The van der Waals surface area contributed by atoms with E-state index in [1.807, 2.05) is 0 Å². The second kappa shape index (κ2) is 47.5. The fourth-order valence-electron chi connectivity index (χ4n) is 6.93. The van der Waals surface area contributed by atoms with E-state index in [2.05, 4.69) is 57.2 Å². The summed E-state index contributed by atoms with van der Waals surface area (Å²) in [6.07, 6.45) is 55.7. The predicted molar refractivity (Wildman–Crippen MR) is 242 cm³/mol. The molecule has 328 valence electrons. The van der Waals surface area contributed by atoms with Gasteiger partial charge in [-0.15, -0.1) is 0 Å². The molecule has 1 atom stereocenters. The molecule has 0 heterocycles. The van der Waals surface area contributed by atoms with Gasteiger partial charge in [-0.1, -0.05) is 205 Å². The Morgan fingerprint density at radius 1 is 0.393 bits per heavy atom. The van der Waals surface area contributed by atoms with Gasteiger partial charge in [-0.3, -0.25) is 9.59 Å². The van der Waals surface area contributed by atoms with Crippen LogP contribution in [0.1, 0.15) is 252 Å². The van der Waals surface area contributed by atoms with Gasteiger partial charge in [0, 0.05) is 19.4 Å². The topological polar surface area (TPSA) is 61.8 Å². The molecule has 1 unspecified atom stereocenters. The average Bonchev–Trinajstić information content (AvgIpc) is 3.20. The van der Waals surface area contributed by atoms with Gasteiger partial charge >= 0.3 is 11.9 Å². The molecular weight excluding hydrogens is 693 g/mol. The lowest BCUT2D eigenvalue weighted by atomic mass is 10.1. The van der Waals surface area contributed by atoms with Gasteiger partial charge in [0.1, 0.15) is 6.61 Å². The first-order valence-corrected chi connectivity index (χ1v) is 24.5. The zero-order chi connectivity index (χ0) is 40.7. The number of hydrogen-bond donors (Lipinski definition) is 0. The lowest BCUT2D eigenvalue weighted by Gasteiger charge is -2.18. The second-order valence-electron chi connectivity index (χ2n) is 16.4. The number of unbranched alkanes of at least 4 members (excludes halogenated alkanes) is 28. The molecule has 5 nitrogen and oxygen atoms in total. The van der Waals surface area contributed by atoms with E-state index in [4.69, 9.17) is 14.2 Å². The van der Waals surface area contributed by atoms with Crippen LogP contribution >= 0.6 is 0 Å². The highest BCUT2D eigenvalue weighted by Gasteiger charge is 2.17. The molecule has 0 aromatic carbocycles. The van der Waals surface area contributed by atoms with Gasteiger partial charge in [0.05, 0.1) is 6.61 Å². The summed E-state index contributed by atoms with van der Waals surface area (Å²) in [6, 6.07) is 0.